The van der Waals surface area contributed by atoms with Crippen molar-refractivity contribution in [2.45, 2.75) is 43.7 Å². The van der Waals surface area contributed by atoms with Gasteiger partial charge in [0.25, 0.3) is 15.9 Å². The first-order valence-corrected chi connectivity index (χ1v) is 8.65. The Kier molecular flexibility index (Phi) is 4.73. The summed E-state index contributed by atoms with van der Waals surface area (Å²) >= 11 is 0. The molecule has 0 aromatic carbocycles. The number of nitrogens with one attached hydrogen (secondary N) is 1. The summed E-state index contributed by atoms with van der Waals surface area (Å²) in [5.74, 6) is 0.235. The number of carbonyl (C=O) groups excluding carboxylic acids is 1. The molecule has 21 heavy (non-hydrogen) atoms. The fourth-order valence-electron chi connectivity index (χ4n) is 2.88. The van der Waals surface area contributed by atoms with Crippen molar-refractivity contribution in [3.05, 3.63) is 17.9 Å². The second kappa shape index (κ2) is 6.19. The molecule has 2 atom stereocenters. The van der Waals surface area contributed by atoms with Crippen molar-refractivity contribution < 1.29 is 17.6 Å². The molecule has 1 amide bonds. The van der Waals surface area contributed by atoms with Crippen LogP contribution in [0.4, 0.5) is 0 Å². The smallest absolute Gasteiger partial charge is 0.289 e. The molecule has 7 heteroatoms. The van der Waals surface area contributed by atoms with Gasteiger partial charge in [0.05, 0.1) is 0 Å². The average Bonchev–Trinajstić information content (AvgIpc) is 2.97. The van der Waals surface area contributed by atoms with Crippen LogP contribution in [0.25, 0.3) is 0 Å². The standard InChI is InChI=1S/C14H22N2O4S/c1-10-6-4-5-7-11(10)16(3)14(17)12-8-9-13(20-12)21(18,19)15-2/h8-11,15H,4-7H2,1-3H3/t10-,11-/m0/s1. The highest BCUT2D eigenvalue weighted by molar-refractivity contribution is 7.89. The molecule has 1 saturated carbocycles. The molecule has 1 aliphatic carbocycles. The van der Waals surface area contributed by atoms with E-state index in [9.17, 15) is 13.2 Å². The van der Waals surface area contributed by atoms with E-state index in [1.807, 2.05) is 0 Å². The summed E-state index contributed by atoms with van der Waals surface area (Å²) in [4.78, 5) is 14.1. The van der Waals surface area contributed by atoms with E-state index >= 15 is 0 Å². The number of rotatable bonds is 4. The Morgan fingerprint density at radius 3 is 2.62 bits per heavy atom. The lowest BCUT2D eigenvalue weighted by molar-refractivity contribution is 0.0592. The van der Waals surface area contributed by atoms with Gasteiger partial charge in [-0.3, -0.25) is 4.79 Å². The molecule has 1 N–H and O–H groups in total. The van der Waals surface area contributed by atoms with Crippen LogP contribution >= 0.6 is 0 Å². The van der Waals surface area contributed by atoms with Crippen LogP contribution in [0.2, 0.25) is 0 Å². The Morgan fingerprint density at radius 2 is 2.00 bits per heavy atom. The van der Waals surface area contributed by atoms with E-state index in [-0.39, 0.29) is 22.8 Å². The van der Waals surface area contributed by atoms with Gasteiger partial charge in [0, 0.05) is 13.1 Å². The van der Waals surface area contributed by atoms with E-state index in [0.29, 0.717) is 5.92 Å². The molecule has 0 spiro atoms. The minimum Gasteiger partial charge on any atom is -0.438 e. The normalized spacial score (nSPS) is 23.0. The molecule has 2 rings (SSSR count). The lowest BCUT2D eigenvalue weighted by Gasteiger charge is -2.35. The van der Waals surface area contributed by atoms with Crippen molar-refractivity contribution in [2.24, 2.45) is 5.92 Å². The molecule has 0 unspecified atom stereocenters. The Morgan fingerprint density at radius 1 is 1.33 bits per heavy atom. The van der Waals surface area contributed by atoms with Crippen molar-refractivity contribution in [3.8, 4) is 0 Å². The summed E-state index contributed by atoms with van der Waals surface area (Å²) in [5.41, 5.74) is 0. The minimum atomic E-state index is -3.66. The first kappa shape index (κ1) is 16.0. The van der Waals surface area contributed by atoms with Crippen LogP contribution in [0.5, 0.6) is 0 Å². The maximum Gasteiger partial charge on any atom is 0.289 e. The predicted octanol–water partition coefficient (Wildman–Crippen LogP) is 1.84. The van der Waals surface area contributed by atoms with Crippen LogP contribution in [-0.4, -0.2) is 39.4 Å². The van der Waals surface area contributed by atoms with Crippen LogP contribution in [0.15, 0.2) is 21.6 Å². The van der Waals surface area contributed by atoms with E-state index < -0.39 is 10.0 Å². The van der Waals surface area contributed by atoms with Gasteiger partial charge >= 0.3 is 0 Å². The van der Waals surface area contributed by atoms with E-state index in [1.165, 1.54) is 25.6 Å². The van der Waals surface area contributed by atoms with E-state index in [2.05, 4.69) is 11.6 Å². The number of hydrogen-bond donors (Lipinski definition) is 1. The first-order chi connectivity index (χ1) is 9.86. The summed E-state index contributed by atoms with van der Waals surface area (Å²) in [6.45, 7) is 2.15. The molecular formula is C14H22N2O4S. The van der Waals surface area contributed by atoms with E-state index in [0.717, 1.165) is 19.3 Å². The van der Waals surface area contributed by atoms with Crippen molar-refractivity contribution in [2.75, 3.05) is 14.1 Å². The van der Waals surface area contributed by atoms with Gasteiger partial charge in [-0.2, -0.15) is 0 Å². The second-order valence-electron chi connectivity index (χ2n) is 5.57. The number of furan rings is 1. The van der Waals surface area contributed by atoms with Gasteiger partial charge in [0.1, 0.15) is 0 Å². The molecule has 1 aromatic rings. The summed E-state index contributed by atoms with van der Waals surface area (Å²) in [6.07, 6.45) is 4.40. The summed E-state index contributed by atoms with van der Waals surface area (Å²) in [7, 11) is -0.605. The van der Waals surface area contributed by atoms with Gasteiger partial charge in [-0.15, -0.1) is 0 Å². The zero-order chi connectivity index (χ0) is 15.6. The number of hydrogen-bond acceptors (Lipinski definition) is 4. The maximum atomic E-state index is 12.4. The summed E-state index contributed by atoms with van der Waals surface area (Å²) in [5, 5.41) is -0.238. The number of carbonyl (C=O) groups is 1. The molecule has 1 fully saturated rings. The third-order valence-electron chi connectivity index (χ3n) is 4.21. The lowest BCUT2D eigenvalue weighted by Crippen LogP contribution is -2.42. The maximum absolute atomic E-state index is 12.4. The minimum absolute atomic E-state index is 0.0594. The zero-order valence-corrected chi connectivity index (χ0v) is 13.4. The molecule has 0 bridgehead atoms. The molecule has 1 aromatic heterocycles. The third-order valence-corrected chi connectivity index (χ3v) is 5.50. The molecule has 0 saturated heterocycles. The van der Waals surface area contributed by atoms with Crippen molar-refractivity contribution in [3.63, 3.8) is 0 Å². The fourth-order valence-corrected chi connectivity index (χ4v) is 3.52. The SMILES string of the molecule is CNS(=O)(=O)c1ccc(C(=O)N(C)[C@H]2CCCC[C@@H]2C)o1. The van der Waals surface area contributed by atoms with Gasteiger partial charge in [0.15, 0.2) is 5.76 Å². The monoisotopic (exact) mass is 314 g/mol. The Hall–Kier alpha value is -1.34. The molecule has 0 aliphatic heterocycles. The molecular weight excluding hydrogens is 292 g/mol. The van der Waals surface area contributed by atoms with E-state index in [4.69, 9.17) is 4.42 Å². The van der Waals surface area contributed by atoms with E-state index in [1.54, 1.807) is 11.9 Å². The Bertz CT molecular complexity index is 608. The Balaban J connectivity index is 2.16. The zero-order valence-electron chi connectivity index (χ0n) is 12.6. The molecule has 1 aliphatic rings. The molecule has 0 radical (unpaired) electrons. The van der Waals surface area contributed by atoms with Crippen LogP contribution < -0.4 is 4.72 Å². The summed E-state index contributed by atoms with van der Waals surface area (Å²) < 4.78 is 30.6. The molecule has 118 valence electrons. The van der Waals surface area contributed by atoms with Gasteiger partial charge in [-0.05, 0) is 37.9 Å². The average molecular weight is 314 g/mol. The van der Waals surface area contributed by atoms with Crippen molar-refractivity contribution in [1.82, 2.24) is 9.62 Å². The number of amides is 1. The van der Waals surface area contributed by atoms with Gasteiger partial charge < -0.3 is 9.32 Å². The van der Waals surface area contributed by atoms with Gasteiger partial charge in [0.2, 0.25) is 5.09 Å². The quantitative estimate of drug-likeness (QED) is 0.919. The molecule has 6 nitrogen and oxygen atoms in total. The summed E-state index contributed by atoms with van der Waals surface area (Å²) in [6, 6.07) is 2.90. The first-order valence-electron chi connectivity index (χ1n) is 7.17. The number of nitrogens with zero attached hydrogens (tertiary/aromatic N) is 1. The van der Waals surface area contributed by atoms with Crippen LogP contribution in [0.3, 0.4) is 0 Å². The largest absolute Gasteiger partial charge is 0.438 e. The third kappa shape index (κ3) is 3.29. The topological polar surface area (TPSA) is 79.6 Å². The lowest BCUT2D eigenvalue weighted by atomic mass is 9.85. The number of sulfonamides is 1. The highest BCUT2D eigenvalue weighted by Crippen LogP contribution is 2.28. The van der Waals surface area contributed by atoms with Crippen LogP contribution in [-0.2, 0) is 10.0 Å². The highest BCUT2D eigenvalue weighted by atomic mass is 32.2. The second-order valence-corrected chi connectivity index (χ2v) is 7.39. The van der Waals surface area contributed by atoms with Gasteiger partial charge in [-0.1, -0.05) is 19.8 Å². The van der Waals surface area contributed by atoms with Gasteiger partial charge in [-0.25, -0.2) is 13.1 Å². The van der Waals surface area contributed by atoms with Crippen molar-refractivity contribution in [1.29, 1.82) is 0 Å². The van der Waals surface area contributed by atoms with Crippen LogP contribution in [0.1, 0.15) is 43.2 Å². The highest BCUT2D eigenvalue weighted by Gasteiger charge is 2.30. The van der Waals surface area contributed by atoms with Crippen LogP contribution in [0, 0.1) is 5.92 Å². The molecule has 1 heterocycles. The fraction of sp³-hybridized carbons (Fsp3) is 0.643. The van der Waals surface area contributed by atoms with Crippen molar-refractivity contribution >= 4 is 15.9 Å². The Labute approximate surface area is 125 Å². The predicted molar refractivity (Wildman–Crippen MR) is 78.5 cm³/mol.